The number of carboxylic acids is 1. The molecule has 0 spiro atoms. The Morgan fingerprint density at radius 1 is 1.43 bits per heavy atom. The van der Waals surface area contributed by atoms with Crippen LogP contribution in [0.3, 0.4) is 0 Å². The Balaban J connectivity index is 2.09. The van der Waals surface area contributed by atoms with Crippen LogP contribution in [0.1, 0.15) is 23.7 Å². The Morgan fingerprint density at radius 2 is 2.14 bits per heavy atom. The summed E-state index contributed by atoms with van der Waals surface area (Å²) in [5.41, 5.74) is -0.299. The number of aromatic carboxylic acids is 1. The number of hydrogen-bond donors (Lipinski definition) is 3. The van der Waals surface area contributed by atoms with E-state index in [0.717, 1.165) is 18.2 Å². The third-order valence-electron chi connectivity index (χ3n) is 3.66. The predicted molar refractivity (Wildman–Crippen MR) is 73.7 cm³/mol. The topological polar surface area (TPSA) is 89.9 Å². The molecule has 2 atom stereocenters. The maximum Gasteiger partial charge on any atom is 0.335 e. The normalized spacial score (nSPS) is 22.0. The van der Waals surface area contributed by atoms with Crippen molar-refractivity contribution >= 4 is 17.7 Å². The lowest BCUT2D eigenvalue weighted by molar-refractivity contribution is 0.0463. The molecule has 1 aliphatic rings. The number of nitrogens with one attached hydrogen (secondary N) is 1. The largest absolute Gasteiger partial charge is 0.478 e. The fraction of sp³-hybridized carbons (Fsp3) is 0.429. The zero-order valence-electron chi connectivity index (χ0n) is 11.5. The number of amides is 2. The highest BCUT2D eigenvalue weighted by atomic mass is 19.1. The van der Waals surface area contributed by atoms with Crippen molar-refractivity contribution in [1.29, 1.82) is 0 Å². The van der Waals surface area contributed by atoms with Gasteiger partial charge in [-0.05, 0) is 30.5 Å². The monoisotopic (exact) mass is 296 g/mol. The van der Waals surface area contributed by atoms with Gasteiger partial charge in [-0.15, -0.1) is 0 Å². The summed E-state index contributed by atoms with van der Waals surface area (Å²) < 4.78 is 13.6. The molecule has 114 valence electrons. The fourth-order valence-electron chi connectivity index (χ4n) is 2.18. The van der Waals surface area contributed by atoms with Crippen LogP contribution in [0, 0.1) is 11.7 Å². The first-order valence-electron chi connectivity index (χ1n) is 6.65. The lowest BCUT2D eigenvalue weighted by Gasteiger charge is -2.34. The molecule has 0 radical (unpaired) electrons. The molecule has 0 aromatic heterocycles. The summed E-state index contributed by atoms with van der Waals surface area (Å²) in [6.07, 6.45) is 0.0476. The minimum Gasteiger partial charge on any atom is -0.478 e. The number of hydrogen-bond acceptors (Lipinski definition) is 3. The SMILES string of the molecule is CC1CCN(C(=O)Nc2cc(C(=O)O)ccc2F)CC1O. The van der Waals surface area contributed by atoms with Crippen LogP contribution < -0.4 is 5.32 Å². The Labute approximate surface area is 121 Å². The van der Waals surface area contributed by atoms with E-state index >= 15 is 0 Å². The van der Waals surface area contributed by atoms with Crippen molar-refractivity contribution in [2.75, 3.05) is 18.4 Å². The summed E-state index contributed by atoms with van der Waals surface area (Å²) in [6, 6.07) is 2.63. The maximum absolute atomic E-state index is 13.6. The predicted octanol–water partition coefficient (Wildman–Crippen LogP) is 1.76. The van der Waals surface area contributed by atoms with Crippen LogP contribution in [0.15, 0.2) is 18.2 Å². The molecule has 1 fully saturated rings. The number of benzene rings is 1. The van der Waals surface area contributed by atoms with Crippen molar-refractivity contribution in [3.8, 4) is 0 Å². The minimum atomic E-state index is -1.20. The molecule has 0 saturated carbocycles. The first kappa shape index (κ1) is 15.2. The van der Waals surface area contributed by atoms with Crippen molar-refractivity contribution in [2.45, 2.75) is 19.4 Å². The van der Waals surface area contributed by atoms with Crippen LogP contribution in [-0.4, -0.2) is 46.3 Å². The lowest BCUT2D eigenvalue weighted by Crippen LogP contribution is -2.47. The number of carbonyl (C=O) groups excluding carboxylic acids is 1. The van der Waals surface area contributed by atoms with Crippen LogP contribution in [0.5, 0.6) is 0 Å². The van der Waals surface area contributed by atoms with E-state index in [2.05, 4.69) is 5.32 Å². The maximum atomic E-state index is 13.6. The van der Waals surface area contributed by atoms with Gasteiger partial charge in [-0.3, -0.25) is 0 Å². The summed E-state index contributed by atoms with van der Waals surface area (Å²) >= 11 is 0. The molecule has 7 heteroatoms. The van der Waals surface area contributed by atoms with E-state index in [1.807, 2.05) is 6.92 Å². The van der Waals surface area contributed by atoms with Crippen molar-refractivity contribution in [3.63, 3.8) is 0 Å². The van der Waals surface area contributed by atoms with Gasteiger partial charge in [0, 0.05) is 13.1 Å². The summed E-state index contributed by atoms with van der Waals surface area (Å²) in [7, 11) is 0. The number of β-amino-alcohol motifs (C(OH)–C–C–N with tert-alkyl or cyclic N) is 1. The van der Waals surface area contributed by atoms with E-state index in [-0.39, 0.29) is 23.7 Å². The van der Waals surface area contributed by atoms with E-state index in [9.17, 15) is 19.1 Å². The molecule has 1 aromatic rings. The van der Waals surface area contributed by atoms with Crippen LogP contribution in [0.4, 0.5) is 14.9 Å². The van der Waals surface area contributed by atoms with Gasteiger partial charge >= 0.3 is 12.0 Å². The zero-order valence-corrected chi connectivity index (χ0v) is 11.5. The van der Waals surface area contributed by atoms with Crippen LogP contribution in [0.25, 0.3) is 0 Å². The van der Waals surface area contributed by atoms with Crippen LogP contribution in [-0.2, 0) is 0 Å². The highest BCUT2D eigenvalue weighted by Crippen LogP contribution is 2.20. The quantitative estimate of drug-likeness (QED) is 0.775. The first-order chi connectivity index (χ1) is 9.88. The standard InChI is InChI=1S/C14H17FN2O4/c1-8-4-5-17(7-12(8)18)14(21)16-11-6-9(13(19)20)2-3-10(11)15/h2-3,6,8,12,18H,4-5,7H2,1H3,(H,16,21)(H,19,20). The number of anilines is 1. The van der Waals surface area contributed by atoms with Crippen LogP contribution in [0.2, 0.25) is 0 Å². The summed E-state index contributed by atoms with van der Waals surface area (Å²) in [4.78, 5) is 24.3. The molecule has 21 heavy (non-hydrogen) atoms. The average molecular weight is 296 g/mol. The highest BCUT2D eigenvalue weighted by Gasteiger charge is 2.27. The van der Waals surface area contributed by atoms with Crippen molar-refractivity contribution in [2.24, 2.45) is 5.92 Å². The second-order valence-corrected chi connectivity index (χ2v) is 5.21. The second kappa shape index (κ2) is 6.09. The molecular weight excluding hydrogens is 279 g/mol. The van der Waals surface area contributed by atoms with Crippen molar-refractivity contribution < 1.29 is 24.2 Å². The van der Waals surface area contributed by atoms with Gasteiger partial charge in [-0.25, -0.2) is 14.0 Å². The molecule has 2 unspecified atom stereocenters. The molecule has 2 rings (SSSR count). The van der Waals surface area contributed by atoms with E-state index in [1.54, 1.807) is 0 Å². The first-order valence-corrected chi connectivity index (χ1v) is 6.65. The Morgan fingerprint density at radius 3 is 2.76 bits per heavy atom. The summed E-state index contributed by atoms with van der Waals surface area (Å²) in [5.74, 6) is -1.80. The zero-order chi connectivity index (χ0) is 15.6. The number of carbonyl (C=O) groups is 2. The molecule has 0 bridgehead atoms. The third-order valence-corrected chi connectivity index (χ3v) is 3.66. The van der Waals surface area contributed by atoms with Crippen molar-refractivity contribution in [3.05, 3.63) is 29.6 Å². The number of urea groups is 1. The van der Waals surface area contributed by atoms with Gasteiger partial charge in [0.25, 0.3) is 0 Å². The van der Waals surface area contributed by atoms with E-state index in [1.165, 1.54) is 4.90 Å². The minimum absolute atomic E-state index is 0.112. The number of piperidine rings is 1. The number of likely N-dealkylation sites (tertiary alicyclic amines) is 1. The molecule has 1 aromatic carbocycles. The molecule has 1 saturated heterocycles. The fourth-order valence-corrected chi connectivity index (χ4v) is 2.18. The van der Waals surface area contributed by atoms with Crippen molar-refractivity contribution in [1.82, 2.24) is 4.90 Å². The van der Waals surface area contributed by atoms with Gasteiger partial charge in [-0.2, -0.15) is 0 Å². The van der Waals surface area contributed by atoms with Gasteiger partial charge in [0.2, 0.25) is 0 Å². The smallest absolute Gasteiger partial charge is 0.335 e. The molecule has 2 amide bonds. The Hall–Kier alpha value is -2.15. The molecule has 1 aliphatic heterocycles. The summed E-state index contributed by atoms with van der Waals surface area (Å²) in [6.45, 7) is 2.54. The number of halogens is 1. The van der Waals surface area contributed by atoms with E-state index in [4.69, 9.17) is 5.11 Å². The third kappa shape index (κ3) is 3.49. The van der Waals surface area contributed by atoms with E-state index in [0.29, 0.717) is 13.0 Å². The summed E-state index contributed by atoms with van der Waals surface area (Å²) in [5, 5.41) is 21.0. The molecule has 0 aliphatic carbocycles. The number of nitrogens with zero attached hydrogens (tertiary/aromatic N) is 1. The highest BCUT2D eigenvalue weighted by molar-refractivity contribution is 5.93. The van der Waals surface area contributed by atoms with E-state index < -0.39 is 23.9 Å². The van der Waals surface area contributed by atoms with Gasteiger partial charge in [-0.1, -0.05) is 6.92 Å². The second-order valence-electron chi connectivity index (χ2n) is 5.21. The van der Waals surface area contributed by atoms with Crippen LogP contribution >= 0.6 is 0 Å². The Kier molecular flexibility index (Phi) is 4.42. The van der Waals surface area contributed by atoms with Gasteiger partial charge in [0.15, 0.2) is 0 Å². The molecular formula is C14H17FN2O4. The Bertz CT molecular complexity index is 564. The number of aliphatic hydroxyl groups excluding tert-OH is 1. The van der Waals surface area contributed by atoms with Gasteiger partial charge < -0.3 is 20.4 Å². The number of aliphatic hydroxyl groups is 1. The lowest BCUT2D eigenvalue weighted by atomic mass is 9.96. The van der Waals surface area contributed by atoms with Gasteiger partial charge in [0.05, 0.1) is 17.4 Å². The number of rotatable bonds is 2. The molecule has 1 heterocycles. The molecule has 6 nitrogen and oxygen atoms in total. The average Bonchev–Trinajstić information content (AvgIpc) is 2.43. The number of carboxylic acid groups (broad SMARTS) is 1. The molecule has 3 N–H and O–H groups in total. The van der Waals surface area contributed by atoms with Gasteiger partial charge in [0.1, 0.15) is 5.82 Å².